The molecular formula is C17H24N2O. The topological polar surface area (TPSA) is 46.3 Å². The molecular weight excluding hydrogens is 248 g/mol. The molecule has 0 aromatic heterocycles. The monoisotopic (exact) mass is 272 g/mol. The molecule has 2 N–H and O–H groups in total. The lowest BCUT2D eigenvalue weighted by Gasteiger charge is -2.38. The van der Waals surface area contributed by atoms with E-state index in [2.05, 4.69) is 29.2 Å². The van der Waals surface area contributed by atoms with Gasteiger partial charge in [0.25, 0.3) is 0 Å². The van der Waals surface area contributed by atoms with Crippen molar-refractivity contribution in [3.8, 4) is 0 Å². The zero-order valence-electron chi connectivity index (χ0n) is 12.0. The Morgan fingerprint density at radius 3 is 2.60 bits per heavy atom. The molecule has 0 saturated heterocycles. The summed E-state index contributed by atoms with van der Waals surface area (Å²) in [6, 6.07) is 10.9. The zero-order valence-corrected chi connectivity index (χ0v) is 12.0. The molecule has 2 atom stereocenters. The smallest absolute Gasteiger partial charge is 0.226 e. The number of carbonyl (C=O) groups excluding carboxylic acids is 1. The summed E-state index contributed by atoms with van der Waals surface area (Å²) in [5.74, 6) is 1.04. The summed E-state index contributed by atoms with van der Waals surface area (Å²) in [5.41, 5.74) is 6.93. The number of nitrogens with two attached hydrogens (primary N) is 1. The van der Waals surface area contributed by atoms with Crippen molar-refractivity contribution in [3.05, 3.63) is 35.9 Å². The average molecular weight is 272 g/mol. The maximum atomic E-state index is 12.7. The number of carbonyl (C=O) groups is 1. The first-order valence-corrected chi connectivity index (χ1v) is 7.86. The van der Waals surface area contributed by atoms with E-state index in [0.717, 1.165) is 19.4 Å². The molecule has 108 valence electrons. The molecule has 0 radical (unpaired) electrons. The Morgan fingerprint density at radius 2 is 2.00 bits per heavy atom. The molecule has 0 heterocycles. The molecule has 0 bridgehead atoms. The highest BCUT2D eigenvalue weighted by atomic mass is 16.2. The van der Waals surface area contributed by atoms with Crippen LogP contribution in [-0.2, 0) is 4.79 Å². The van der Waals surface area contributed by atoms with Crippen LogP contribution >= 0.6 is 0 Å². The van der Waals surface area contributed by atoms with E-state index in [1.54, 1.807) is 0 Å². The highest BCUT2D eigenvalue weighted by molar-refractivity contribution is 5.83. The molecule has 20 heavy (non-hydrogen) atoms. The second-order valence-electron chi connectivity index (χ2n) is 6.12. The molecule has 0 aliphatic heterocycles. The summed E-state index contributed by atoms with van der Waals surface area (Å²) >= 11 is 0. The van der Waals surface area contributed by atoms with Crippen LogP contribution in [0.1, 0.15) is 43.6 Å². The number of amides is 1. The third kappa shape index (κ3) is 2.73. The highest BCUT2D eigenvalue weighted by Gasteiger charge is 2.47. The largest absolute Gasteiger partial charge is 0.339 e. The van der Waals surface area contributed by atoms with Gasteiger partial charge in [0.2, 0.25) is 5.91 Å². The first kappa shape index (κ1) is 13.6. The van der Waals surface area contributed by atoms with Crippen LogP contribution < -0.4 is 5.73 Å². The van der Waals surface area contributed by atoms with Gasteiger partial charge in [-0.05, 0) is 50.1 Å². The van der Waals surface area contributed by atoms with Crippen molar-refractivity contribution in [2.45, 2.75) is 44.1 Å². The lowest BCUT2D eigenvalue weighted by atomic mass is 9.91. The van der Waals surface area contributed by atoms with Crippen molar-refractivity contribution >= 4 is 5.91 Å². The second kappa shape index (κ2) is 5.96. The average Bonchev–Trinajstić information content (AvgIpc) is 3.22. The van der Waals surface area contributed by atoms with Gasteiger partial charge in [-0.3, -0.25) is 4.79 Å². The number of rotatable bonds is 6. The SMILES string of the molecule is NCCCN(C(=O)C1CC1c1ccccc1)C1CCC1. The van der Waals surface area contributed by atoms with Gasteiger partial charge in [0.15, 0.2) is 0 Å². The molecule has 1 aromatic carbocycles. The minimum atomic E-state index is 0.218. The predicted molar refractivity (Wildman–Crippen MR) is 80.3 cm³/mol. The van der Waals surface area contributed by atoms with Crippen LogP contribution in [0.15, 0.2) is 30.3 Å². The fourth-order valence-corrected chi connectivity index (χ4v) is 3.18. The van der Waals surface area contributed by atoms with E-state index in [9.17, 15) is 4.79 Å². The maximum Gasteiger partial charge on any atom is 0.226 e. The number of benzene rings is 1. The first-order valence-electron chi connectivity index (χ1n) is 7.86. The van der Waals surface area contributed by atoms with Crippen LogP contribution in [0.2, 0.25) is 0 Å². The van der Waals surface area contributed by atoms with Gasteiger partial charge in [-0.2, -0.15) is 0 Å². The van der Waals surface area contributed by atoms with Gasteiger partial charge in [0.1, 0.15) is 0 Å². The van der Waals surface area contributed by atoms with Crippen molar-refractivity contribution in [1.82, 2.24) is 4.90 Å². The Morgan fingerprint density at radius 1 is 1.25 bits per heavy atom. The van der Waals surface area contributed by atoms with Gasteiger partial charge >= 0.3 is 0 Å². The number of hydrogen-bond donors (Lipinski definition) is 1. The molecule has 2 aliphatic rings. The van der Waals surface area contributed by atoms with Crippen LogP contribution in [0.25, 0.3) is 0 Å². The van der Waals surface area contributed by atoms with Gasteiger partial charge in [-0.25, -0.2) is 0 Å². The van der Waals surface area contributed by atoms with Crippen LogP contribution in [0.4, 0.5) is 0 Å². The Hall–Kier alpha value is -1.35. The molecule has 2 saturated carbocycles. The molecule has 3 nitrogen and oxygen atoms in total. The first-order chi connectivity index (χ1) is 9.81. The van der Waals surface area contributed by atoms with Crippen LogP contribution in [-0.4, -0.2) is 29.9 Å². The standard InChI is InChI=1S/C17H24N2O/c18-10-5-11-19(14-8-4-9-14)17(20)16-12-15(16)13-6-2-1-3-7-13/h1-3,6-7,14-16H,4-5,8-12,18H2. The lowest BCUT2D eigenvalue weighted by molar-refractivity contribution is -0.136. The molecule has 2 fully saturated rings. The van der Waals surface area contributed by atoms with Crippen LogP contribution in [0.3, 0.4) is 0 Å². The summed E-state index contributed by atoms with van der Waals surface area (Å²) in [6.07, 6.45) is 5.57. The van der Waals surface area contributed by atoms with Crippen molar-refractivity contribution < 1.29 is 4.79 Å². The Balaban J connectivity index is 1.62. The molecule has 2 unspecified atom stereocenters. The third-order valence-electron chi connectivity index (χ3n) is 4.74. The van der Waals surface area contributed by atoms with Crippen LogP contribution in [0, 0.1) is 5.92 Å². The van der Waals surface area contributed by atoms with Crippen molar-refractivity contribution in [2.75, 3.05) is 13.1 Å². The normalized spacial score (nSPS) is 25.1. The summed E-state index contributed by atoms with van der Waals surface area (Å²) in [5, 5.41) is 0. The van der Waals surface area contributed by atoms with Gasteiger partial charge < -0.3 is 10.6 Å². The third-order valence-corrected chi connectivity index (χ3v) is 4.74. The van der Waals surface area contributed by atoms with E-state index < -0.39 is 0 Å². The Kier molecular flexibility index (Phi) is 4.06. The van der Waals surface area contributed by atoms with Crippen molar-refractivity contribution in [2.24, 2.45) is 11.7 Å². The molecule has 3 rings (SSSR count). The van der Waals surface area contributed by atoms with Gasteiger partial charge in [0.05, 0.1) is 0 Å². The van der Waals surface area contributed by atoms with E-state index >= 15 is 0 Å². The number of nitrogens with zero attached hydrogens (tertiary/aromatic N) is 1. The maximum absolute atomic E-state index is 12.7. The van der Waals surface area contributed by atoms with Crippen LogP contribution in [0.5, 0.6) is 0 Å². The predicted octanol–water partition coefficient (Wildman–Crippen LogP) is 2.52. The fraction of sp³-hybridized carbons (Fsp3) is 0.588. The summed E-state index contributed by atoms with van der Waals surface area (Å²) in [7, 11) is 0. The number of hydrogen-bond acceptors (Lipinski definition) is 2. The molecule has 0 spiro atoms. The van der Waals surface area contributed by atoms with Gasteiger partial charge in [-0.15, -0.1) is 0 Å². The van der Waals surface area contributed by atoms with E-state index in [1.807, 2.05) is 6.07 Å². The van der Waals surface area contributed by atoms with E-state index in [1.165, 1.54) is 24.8 Å². The molecule has 2 aliphatic carbocycles. The second-order valence-corrected chi connectivity index (χ2v) is 6.12. The van der Waals surface area contributed by atoms with E-state index in [0.29, 0.717) is 24.4 Å². The summed E-state index contributed by atoms with van der Waals surface area (Å²) in [4.78, 5) is 14.8. The molecule has 1 aromatic rings. The highest BCUT2D eigenvalue weighted by Crippen LogP contribution is 2.49. The molecule has 1 amide bonds. The van der Waals surface area contributed by atoms with E-state index in [-0.39, 0.29) is 5.92 Å². The minimum Gasteiger partial charge on any atom is -0.339 e. The fourth-order valence-electron chi connectivity index (χ4n) is 3.18. The van der Waals surface area contributed by atoms with Crippen molar-refractivity contribution in [1.29, 1.82) is 0 Å². The van der Waals surface area contributed by atoms with Crippen molar-refractivity contribution in [3.63, 3.8) is 0 Å². The summed E-state index contributed by atoms with van der Waals surface area (Å²) in [6.45, 7) is 1.52. The van der Waals surface area contributed by atoms with Gasteiger partial charge in [0, 0.05) is 18.5 Å². The quantitative estimate of drug-likeness (QED) is 0.865. The Labute approximate surface area is 121 Å². The Bertz CT molecular complexity index is 455. The molecule has 3 heteroatoms. The zero-order chi connectivity index (χ0) is 13.9. The van der Waals surface area contributed by atoms with Gasteiger partial charge in [-0.1, -0.05) is 30.3 Å². The minimum absolute atomic E-state index is 0.218. The van der Waals surface area contributed by atoms with E-state index in [4.69, 9.17) is 5.73 Å². The lowest BCUT2D eigenvalue weighted by Crippen LogP contribution is -2.46. The summed E-state index contributed by atoms with van der Waals surface area (Å²) < 4.78 is 0.